The van der Waals surface area contributed by atoms with Gasteiger partial charge in [0.05, 0.1) is 0 Å². The summed E-state index contributed by atoms with van der Waals surface area (Å²) in [5, 5.41) is 6.97. The van der Waals surface area contributed by atoms with Crippen LogP contribution in [0.25, 0.3) is 0 Å². The second-order valence-electron chi connectivity index (χ2n) is 4.86. The Morgan fingerprint density at radius 2 is 2.39 bits per heavy atom. The molecule has 1 unspecified atom stereocenters. The van der Waals surface area contributed by atoms with E-state index in [1.165, 1.54) is 6.42 Å². The van der Waals surface area contributed by atoms with Gasteiger partial charge in [0, 0.05) is 17.1 Å². The van der Waals surface area contributed by atoms with Crippen LogP contribution in [-0.2, 0) is 0 Å². The van der Waals surface area contributed by atoms with Gasteiger partial charge in [0.15, 0.2) is 0 Å². The van der Waals surface area contributed by atoms with Crippen LogP contribution in [-0.4, -0.2) is 25.5 Å². The fourth-order valence-corrected chi connectivity index (χ4v) is 2.55. The molecule has 0 saturated carbocycles. The molecule has 1 fully saturated rings. The van der Waals surface area contributed by atoms with Gasteiger partial charge in [0.1, 0.15) is 0 Å². The maximum absolute atomic E-state index is 12.0. The highest BCUT2D eigenvalue weighted by Crippen LogP contribution is 2.15. The van der Waals surface area contributed by atoms with Gasteiger partial charge in [0.2, 0.25) is 0 Å². The average molecular weight is 267 g/mol. The first kappa shape index (κ1) is 13.4. The lowest BCUT2D eigenvalue weighted by Crippen LogP contribution is -2.27. The topological polar surface area (TPSA) is 41.1 Å². The number of hydrogen-bond acceptors (Lipinski definition) is 2. The van der Waals surface area contributed by atoms with Crippen LogP contribution >= 0.6 is 11.6 Å². The Balaban J connectivity index is 1.83. The lowest BCUT2D eigenvalue weighted by Gasteiger charge is -2.10. The van der Waals surface area contributed by atoms with Crippen LogP contribution in [0.5, 0.6) is 0 Å². The Bertz CT molecular complexity index is 428. The minimum atomic E-state index is -0.00452. The Morgan fingerprint density at radius 1 is 1.56 bits per heavy atom. The third kappa shape index (κ3) is 3.47. The highest BCUT2D eigenvalue weighted by molar-refractivity contribution is 6.30. The van der Waals surface area contributed by atoms with Crippen molar-refractivity contribution in [1.82, 2.24) is 10.6 Å². The van der Waals surface area contributed by atoms with Crippen molar-refractivity contribution in [3.05, 3.63) is 34.3 Å². The van der Waals surface area contributed by atoms with E-state index in [0.717, 1.165) is 31.6 Å². The quantitative estimate of drug-likeness (QED) is 0.879. The van der Waals surface area contributed by atoms with E-state index < -0.39 is 0 Å². The zero-order chi connectivity index (χ0) is 13.0. The van der Waals surface area contributed by atoms with E-state index in [2.05, 4.69) is 10.6 Å². The van der Waals surface area contributed by atoms with Crippen LogP contribution in [0.4, 0.5) is 0 Å². The number of aryl methyl sites for hydroxylation is 1. The maximum atomic E-state index is 12.0. The molecule has 0 bridgehead atoms. The lowest BCUT2D eigenvalue weighted by molar-refractivity contribution is 0.0951. The average Bonchev–Trinajstić information content (AvgIpc) is 2.81. The summed E-state index contributed by atoms with van der Waals surface area (Å²) in [5.41, 5.74) is 1.63. The maximum Gasteiger partial charge on any atom is 0.251 e. The molecule has 0 aliphatic carbocycles. The Kier molecular flexibility index (Phi) is 4.61. The predicted molar refractivity (Wildman–Crippen MR) is 74.1 cm³/mol. The van der Waals surface area contributed by atoms with Crippen molar-refractivity contribution in [2.24, 2.45) is 5.92 Å². The van der Waals surface area contributed by atoms with E-state index in [1.54, 1.807) is 12.1 Å². The first-order valence-electron chi connectivity index (χ1n) is 6.42. The van der Waals surface area contributed by atoms with Crippen LogP contribution in [0, 0.1) is 12.8 Å². The Hall–Kier alpha value is -1.06. The summed E-state index contributed by atoms with van der Waals surface area (Å²) in [7, 11) is 0. The number of hydrogen-bond donors (Lipinski definition) is 2. The van der Waals surface area contributed by atoms with Gasteiger partial charge >= 0.3 is 0 Å². The molecule has 0 spiro atoms. The van der Waals surface area contributed by atoms with Gasteiger partial charge in [-0.25, -0.2) is 0 Å². The van der Waals surface area contributed by atoms with Crippen molar-refractivity contribution >= 4 is 17.5 Å². The van der Waals surface area contributed by atoms with Gasteiger partial charge < -0.3 is 10.6 Å². The molecular weight excluding hydrogens is 248 g/mol. The van der Waals surface area contributed by atoms with Crippen molar-refractivity contribution in [3.8, 4) is 0 Å². The van der Waals surface area contributed by atoms with Crippen molar-refractivity contribution in [3.63, 3.8) is 0 Å². The Labute approximate surface area is 113 Å². The summed E-state index contributed by atoms with van der Waals surface area (Å²) >= 11 is 5.87. The summed E-state index contributed by atoms with van der Waals surface area (Å²) < 4.78 is 0. The van der Waals surface area contributed by atoms with E-state index in [0.29, 0.717) is 16.5 Å². The summed E-state index contributed by atoms with van der Waals surface area (Å²) in [6.07, 6.45) is 2.27. The molecule has 18 heavy (non-hydrogen) atoms. The minimum absolute atomic E-state index is 0.00452. The first-order valence-corrected chi connectivity index (χ1v) is 6.79. The molecule has 1 aromatic carbocycles. The third-order valence-electron chi connectivity index (χ3n) is 3.43. The second-order valence-corrected chi connectivity index (χ2v) is 5.30. The zero-order valence-corrected chi connectivity index (χ0v) is 11.4. The van der Waals surface area contributed by atoms with Gasteiger partial charge in [-0.3, -0.25) is 4.79 Å². The number of amides is 1. The molecule has 2 rings (SSSR count). The lowest BCUT2D eigenvalue weighted by atomic mass is 10.0. The molecule has 98 valence electrons. The van der Waals surface area contributed by atoms with Gasteiger partial charge in [-0.05, 0) is 62.5 Å². The van der Waals surface area contributed by atoms with Gasteiger partial charge in [-0.1, -0.05) is 11.6 Å². The molecule has 1 atom stereocenters. The largest absolute Gasteiger partial charge is 0.352 e. The van der Waals surface area contributed by atoms with Crippen LogP contribution in [0.2, 0.25) is 5.02 Å². The fraction of sp³-hybridized carbons (Fsp3) is 0.500. The minimum Gasteiger partial charge on any atom is -0.352 e. The molecule has 1 saturated heterocycles. The molecule has 2 N–H and O–H groups in total. The number of carbonyl (C=O) groups excluding carboxylic acids is 1. The van der Waals surface area contributed by atoms with Crippen molar-refractivity contribution in [2.75, 3.05) is 19.6 Å². The molecule has 1 aromatic rings. The van der Waals surface area contributed by atoms with Crippen LogP contribution in [0.15, 0.2) is 18.2 Å². The standard InChI is InChI=1S/C14H19ClN2O/c1-10-8-12(15)2-3-13(10)14(18)17-7-5-11-4-6-16-9-11/h2-3,8,11,16H,4-7,9H2,1H3,(H,17,18). The van der Waals surface area contributed by atoms with Gasteiger partial charge in [-0.15, -0.1) is 0 Å². The summed E-state index contributed by atoms with van der Waals surface area (Å²) in [6.45, 7) is 4.83. The third-order valence-corrected chi connectivity index (χ3v) is 3.67. The molecule has 4 heteroatoms. The molecule has 0 aromatic heterocycles. The second kappa shape index (κ2) is 6.21. The van der Waals surface area contributed by atoms with E-state index in [9.17, 15) is 4.79 Å². The fourth-order valence-electron chi connectivity index (χ4n) is 2.33. The monoisotopic (exact) mass is 266 g/mol. The van der Waals surface area contributed by atoms with Crippen LogP contribution < -0.4 is 10.6 Å². The van der Waals surface area contributed by atoms with Gasteiger partial charge in [-0.2, -0.15) is 0 Å². The molecule has 1 amide bonds. The van der Waals surface area contributed by atoms with Crippen molar-refractivity contribution in [2.45, 2.75) is 19.8 Å². The molecule has 3 nitrogen and oxygen atoms in total. The summed E-state index contributed by atoms with van der Waals surface area (Å²) in [4.78, 5) is 12.0. The highest BCUT2D eigenvalue weighted by atomic mass is 35.5. The van der Waals surface area contributed by atoms with E-state index >= 15 is 0 Å². The SMILES string of the molecule is Cc1cc(Cl)ccc1C(=O)NCCC1CCNC1. The van der Waals surface area contributed by atoms with Crippen molar-refractivity contribution in [1.29, 1.82) is 0 Å². The smallest absolute Gasteiger partial charge is 0.251 e. The molecule has 1 aliphatic heterocycles. The number of halogens is 1. The number of benzene rings is 1. The molecule has 1 aliphatic rings. The van der Waals surface area contributed by atoms with Gasteiger partial charge in [0.25, 0.3) is 5.91 Å². The highest BCUT2D eigenvalue weighted by Gasteiger charge is 2.15. The number of nitrogens with one attached hydrogen (secondary N) is 2. The van der Waals surface area contributed by atoms with Crippen LogP contribution in [0.3, 0.4) is 0 Å². The number of rotatable bonds is 4. The summed E-state index contributed by atoms with van der Waals surface area (Å²) in [5.74, 6) is 0.701. The van der Waals surface area contributed by atoms with E-state index in [4.69, 9.17) is 11.6 Å². The summed E-state index contributed by atoms with van der Waals surface area (Å²) in [6, 6.07) is 5.35. The first-order chi connectivity index (χ1) is 8.66. The van der Waals surface area contributed by atoms with Crippen molar-refractivity contribution < 1.29 is 4.79 Å². The molecule has 0 radical (unpaired) electrons. The normalized spacial score (nSPS) is 18.9. The molecular formula is C14H19ClN2O. The van der Waals surface area contributed by atoms with E-state index in [-0.39, 0.29) is 5.91 Å². The number of carbonyl (C=O) groups is 1. The zero-order valence-electron chi connectivity index (χ0n) is 10.6. The molecule has 1 heterocycles. The Morgan fingerprint density at radius 3 is 3.06 bits per heavy atom. The predicted octanol–water partition coefficient (Wildman–Crippen LogP) is 2.38. The van der Waals surface area contributed by atoms with E-state index in [1.807, 2.05) is 13.0 Å². The van der Waals surface area contributed by atoms with Crippen LogP contribution in [0.1, 0.15) is 28.8 Å².